The quantitative estimate of drug-likeness (QED) is 0.829. The fraction of sp³-hybridized carbons (Fsp3) is 0.636. The van der Waals surface area contributed by atoms with Gasteiger partial charge in [0.2, 0.25) is 0 Å². The smallest absolute Gasteiger partial charge is 0.0376 e. The Bertz CT molecular complexity index is 315. The van der Waals surface area contributed by atoms with Crippen molar-refractivity contribution in [2.24, 2.45) is 5.92 Å². The van der Waals surface area contributed by atoms with Gasteiger partial charge in [0.25, 0.3) is 0 Å². The van der Waals surface area contributed by atoms with Gasteiger partial charge in [-0.3, -0.25) is 0 Å². The predicted octanol–water partition coefficient (Wildman–Crippen LogP) is 4.01. The molecule has 1 heterocycles. The Morgan fingerprint density at radius 2 is 2.40 bits per heavy atom. The summed E-state index contributed by atoms with van der Waals surface area (Å²) in [5.74, 6) is 0.672. The molecule has 1 N–H and O–H groups in total. The second kappa shape index (κ2) is 5.67. The van der Waals surface area contributed by atoms with Crippen molar-refractivity contribution in [3.63, 3.8) is 0 Å². The zero-order chi connectivity index (χ0) is 10.7. The zero-order valence-corrected chi connectivity index (χ0v) is 11.7. The summed E-state index contributed by atoms with van der Waals surface area (Å²) in [4.78, 5) is 1.37. The molecule has 15 heavy (non-hydrogen) atoms. The van der Waals surface area contributed by atoms with Crippen LogP contribution in [-0.4, -0.2) is 11.9 Å². The Hall–Kier alpha value is 0.430. The second-order valence-electron chi connectivity index (χ2n) is 4.03. The van der Waals surface area contributed by atoms with Crippen molar-refractivity contribution >= 4 is 38.9 Å². The van der Waals surface area contributed by atoms with E-state index in [9.17, 15) is 0 Å². The Kier molecular flexibility index (Phi) is 4.50. The third kappa shape index (κ3) is 3.19. The highest BCUT2D eigenvalue weighted by atomic mass is 79.9. The van der Waals surface area contributed by atoms with E-state index >= 15 is 0 Å². The van der Waals surface area contributed by atoms with Crippen LogP contribution in [0.25, 0.3) is 0 Å². The fourth-order valence-electron chi connectivity index (χ4n) is 2.04. The van der Waals surface area contributed by atoms with Gasteiger partial charge < -0.3 is 5.32 Å². The summed E-state index contributed by atoms with van der Waals surface area (Å²) in [6.07, 6.45) is 3.77. The summed E-state index contributed by atoms with van der Waals surface area (Å²) in [6.45, 7) is 2.01. The third-order valence-corrected chi connectivity index (χ3v) is 5.45. The molecule has 0 radical (unpaired) electrons. The van der Waals surface area contributed by atoms with Crippen molar-refractivity contribution in [1.82, 2.24) is 5.32 Å². The van der Waals surface area contributed by atoms with Gasteiger partial charge in [0.1, 0.15) is 0 Å². The van der Waals surface area contributed by atoms with E-state index in [1.807, 2.05) is 0 Å². The van der Waals surface area contributed by atoms with E-state index in [0.717, 1.165) is 13.1 Å². The molecule has 1 aromatic heterocycles. The van der Waals surface area contributed by atoms with E-state index in [1.54, 1.807) is 11.3 Å². The van der Waals surface area contributed by atoms with Crippen LogP contribution in [-0.2, 0) is 6.54 Å². The lowest BCUT2D eigenvalue weighted by atomic mass is 10.1. The summed E-state index contributed by atoms with van der Waals surface area (Å²) in [5.41, 5.74) is 0. The number of hydrogen-bond acceptors (Lipinski definition) is 2. The van der Waals surface area contributed by atoms with Crippen LogP contribution in [0.2, 0.25) is 0 Å². The van der Waals surface area contributed by atoms with Gasteiger partial charge >= 0.3 is 0 Å². The molecule has 4 heteroatoms. The Labute approximate surface area is 108 Å². The lowest BCUT2D eigenvalue weighted by molar-refractivity contribution is 0.495. The monoisotopic (exact) mass is 307 g/mol. The summed E-state index contributed by atoms with van der Waals surface area (Å²) in [7, 11) is 0. The average Bonchev–Trinajstić information content (AvgIpc) is 2.78. The highest BCUT2D eigenvalue weighted by Crippen LogP contribution is 2.29. The minimum Gasteiger partial charge on any atom is -0.311 e. The molecule has 84 valence electrons. The molecule has 1 aliphatic rings. The van der Waals surface area contributed by atoms with Gasteiger partial charge in [-0.05, 0) is 52.7 Å². The van der Waals surface area contributed by atoms with Crippen LogP contribution in [0.5, 0.6) is 0 Å². The van der Waals surface area contributed by atoms with Crippen LogP contribution in [0.1, 0.15) is 24.1 Å². The van der Waals surface area contributed by atoms with Crippen LogP contribution in [0.4, 0.5) is 0 Å². The van der Waals surface area contributed by atoms with E-state index in [4.69, 9.17) is 11.6 Å². The molecule has 2 rings (SSSR count). The Morgan fingerprint density at radius 3 is 3.00 bits per heavy atom. The number of nitrogens with one attached hydrogen (secondary N) is 1. The van der Waals surface area contributed by atoms with Crippen molar-refractivity contribution in [3.8, 4) is 0 Å². The molecule has 0 spiro atoms. The van der Waals surface area contributed by atoms with Crippen molar-refractivity contribution in [2.75, 3.05) is 6.54 Å². The van der Waals surface area contributed by atoms with Crippen molar-refractivity contribution < 1.29 is 0 Å². The fourth-order valence-corrected chi connectivity index (χ4v) is 3.88. The number of thiophene rings is 1. The standard InChI is InChI=1S/C11H15BrClNS/c12-9-4-5-15-11(9)7-14-6-8-2-1-3-10(8)13/h4-5,8,10,14H,1-3,6-7H2. The first-order valence-electron chi connectivity index (χ1n) is 5.34. The van der Waals surface area contributed by atoms with E-state index in [-0.39, 0.29) is 0 Å². The summed E-state index contributed by atoms with van der Waals surface area (Å²) < 4.78 is 1.22. The van der Waals surface area contributed by atoms with Gasteiger partial charge in [-0.25, -0.2) is 0 Å². The van der Waals surface area contributed by atoms with Crippen LogP contribution in [0.15, 0.2) is 15.9 Å². The minimum absolute atomic E-state index is 0.393. The normalized spacial score (nSPS) is 26.0. The largest absolute Gasteiger partial charge is 0.311 e. The molecule has 2 atom stereocenters. The SMILES string of the molecule is ClC1CCCC1CNCc1sccc1Br. The van der Waals surface area contributed by atoms with Gasteiger partial charge in [0, 0.05) is 21.3 Å². The van der Waals surface area contributed by atoms with Crippen LogP contribution >= 0.6 is 38.9 Å². The van der Waals surface area contributed by atoms with Gasteiger partial charge in [-0.2, -0.15) is 0 Å². The van der Waals surface area contributed by atoms with Crippen LogP contribution in [0, 0.1) is 5.92 Å². The van der Waals surface area contributed by atoms with Gasteiger partial charge in [0.05, 0.1) is 0 Å². The van der Waals surface area contributed by atoms with Crippen LogP contribution in [0.3, 0.4) is 0 Å². The first-order valence-corrected chi connectivity index (χ1v) is 7.45. The number of halogens is 2. The summed E-state index contributed by atoms with van der Waals surface area (Å²) >= 11 is 11.6. The molecule has 0 bridgehead atoms. The highest BCUT2D eigenvalue weighted by molar-refractivity contribution is 9.10. The maximum absolute atomic E-state index is 6.22. The molecular weight excluding hydrogens is 294 g/mol. The molecule has 1 nitrogen and oxygen atoms in total. The van der Waals surface area contributed by atoms with Crippen molar-refractivity contribution in [1.29, 1.82) is 0 Å². The van der Waals surface area contributed by atoms with E-state index in [2.05, 4.69) is 32.7 Å². The Balaban J connectivity index is 1.73. The van der Waals surface area contributed by atoms with E-state index < -0.39 is 0 Å². The molecule has 1 aliphatic carbocycles. The van der Waals surface area contributed by atoms with Gasteiger partial charge in [-0.15, -0.1) is 22.9 Å². The number of alkyl halides is 1. The molecule has 1 aromatic rings. The molecule has 0 aromatic carbocycles. The maximum atomic E-state index is 6.22. The molecule has 1 saturated carbocycles. The molecule has 0 amide bonds. The summed E-state index contributed by atoms with van der Waals surface area (Å²) in [6, 6.07) is 2.10. The molecule has 0 aliphatic heterocycles. The topological polar surface area (TPSA) is 12.0 Å². The lowest BCUT2D eigenvalue weighted by Crippen LogP contribution is -2.24. The van der Waals surface area contributed by atoms with E-state index in [1.165, 1.54) is 28.6 Å². The summed E-state index contributed by atoms with van der Waals surface area (Å²) in [5, 5.41) is 6.00. The molecule has 0 saturated heterocycles. The maximum Gasteiger partial charge on any atom is 0.0376 e. The molecule has 1 fully saturated rings. The average molecular weight is 309 g/mol. The Morgan fingerprint density at radius 1 is 1.53 bits per heavy atom. The lowest BCUT2D eigenvalue weighted by Gasteiger charge is -2.14. The number of hydrogen-bond donors (Lipinski definition) is 1. The first kappa shape index (κ1) is 11.9. The van der Waals surface area contributed by atoms with Gasteiger partial charge in [-0.1, -0.05) is 6.42 Å². The molecule has 2 unspecified atom stereocenters. The predicted molar refractivity (Wildman–Crippen MR) is 70.7 cm³/mol. The first-order chi connectivity index (χ1) is 7.27. The zero-order valence-electron chi connectivity index (χ0n) is 8.51. The molecular formula is C11H15BrClNS. The van der Waals surface area contributed by atoms with Crippen LogP contribution < -0.4 is 5.32 Å². The highest BCUT2D eigenvalue weighted by Gasteiger charge is 2.24. The second-order valence-corrected chi connectivity index (χ2v) is 6.45. The van der Waals surface area contributed by atoms with E-state index in [0.29, 0.717) is 11.3 Å². The van der Waals surface area contributed by atoms with Crippen molar-refractivity contribution in [2.45, 2.75) is 31.2 Å². The number of rotatable bonds is 4. The third-order valence-electron chi connectivity index (χ3n) is 2.95. The minimum atomic E-state index is 0.393. The van der Waals surface area contributed by atoms with Gasteiger partial charge in [0.15, 0.2) is 0 Å². The van der Waals surface area contributed by atoms with Crippen molar-refractivity contribution in [3.05, 3.63) is 20.8 Å².